The zero-order chi connectivity index (χ0) is 14.7. The van der Waals surface area contributed by atoms with Crippen molar-refractivity contribution in [3.63, 3.8) is 0 Å². The van der Waals surface area contributed by atoms with E-state index < -0.39 is 11.2 Å². The molecule has 0 aliphatic heterocycles. The van der Waals surface area contributed by atoms with Gasteiger partial charge in [-0.1, -0.05) is 30.3 Å². The molecule has 0 heterocycles. The number of aliphatic hydroxyl groups is 2. The number of benzene rings is 1. The van der Waals surface area contributed by atoms with E-state index in [9.17, 15) is 15.0 Å². The Bertz CT molecular complexity index is 421. The summed E-state index contributed by atoms with van der Waals surface area (Å²) in [5.74, 6) is -0.198. The third-order valence-corrected chi connectivity index (χ3v) is 2.94. The molecule has 1 unspecified atom stereocenters. The number of carbonyl (C=O) groups excluding carboxylic acids is 1. The van der Waals surface area contributed by atoms with Crippen LogP contribution in [-0.4, -0.2) is 40.2 Å². The summed E-state index contributed by atoms with van der Waals surface area (Å²) in [4.78, 5) is 13.5. The summed E-state index contributed by atoms with van der Waals surface area (Å²) < 4.78 is 0. The summed E-state index contributed by atoms with van der Waals surface area (Å²) in [5.41, 5.74) is -1.44. The molecule has 0 aliphatic rings. The maximum Gasteiger partial charge on any atom is 0.225 e. The van der Waals surface area contributed by atoms with Gasteiger partial charge in [0.05, 0.1) is 17.6 Å². The largest absolute Gasteiger partial charge is 0.389 e. The molecule has 4 nitrogen and oxygen atoms in total. The van der Waals surface area contributed by atoms with E-state index in [1.807, 2.05) is 18.2 Å². The second-order valence-corrected chi connectivity index (χ2v) is 5.88. The minimum absolute atomic E-state index is 0.0103. The van der Waals surface area contributed by atoms with E-state index in [0.717, 1.165) is 0 Å². The second-order valence-electron chi connectivity index (χ2n) is 5.88. The molecule has 1 aromatic rings. The van der Waals surface area contributed by atoms with Crippen molar-refractivity contribution in [2.45, 2.75) is 38.4 Å². The molecule has 1 rings (SSSR count). The van der Waals surface area contributed by atoms with Gasteiger partial charge in [0.1, 0.15) is 0 Å². The minimum atomic E-state index is -1.20. The molecular formula is C15H23NO3. The average Bonchev–Trinajstić information content (AvgIpc) is 2.27. The summed E-state index contributed by atoms with van der Waals surface area (Å²) in [7, 11) is 1.63. The smallest absolute Gasteiger partial charge is 0.225 e. The molecular weight excluding hydrogens is 242 g/mol. The Kier molecular flexibility index (Phi) is 4.71. The highest BCUT2D eigenvalue weighted by Crippen LogP contribution is 2.25. The van der Waals surface area contributed by atoms with Crippen molar-refractivity contribution in [3.8, 4) is 0 Å². The fourth-order valence-electron chi connectivity index (χ4n) is 2.00. The van der Waals surface area contributed by atoms with Gasteiger partial charge >= 0.3 is 0 Å². The van der Waals surface area contributed by atoms with Gasteiger partial charge in [0, 0.05) is 13.6 Å². The fourth-order valence-corrected chi connectivity index (χ4v) is 2.00. The highest BCUT2D eigenvalue weighted by Gasteiger charge is 2.29. The van der Waals surface area contributed by atoms with E-state index in [1.54, 1.807) is 40.0 Å². The van der Waals surface area contributed by atoms with Crippen LogP contribution in [-0.2, 0) is 10.4 Å². The first kappa shape index (κ1) is 15.7. The maximum absolute atomic E-state index is 12.1. The first-order valence-electron chi connectivity index (χ1n) is 6.36. The van der Waals surface area contributed by atoms with Gasteiger partial charge in [0.15, 0.2) is 0 Å². The van der Waals surface area contributed by atoms with Crippen LogP contribution in [0.3, 0.4) is 0 Å². The van der Waals surface area contributed by atoms with Crippen molar-refractivity contribution < 1.29 is 15.0 Å². The Morgan fingerprint density at radius 1 is 1.16 bits per heavy atom. The molecule has 0 saturated carbocycles. The number of nitrogens with zero attached hydrogens (tertiary/aromatic N) is 1. The van der Waals surface area contributed by atoms with E-state index in [-0.39, 0.29) is 18.9 Å². The molecule has 0 bridgehead atoms. The molecule has 4 heteroatoms. The number of likely N-dealkylation sites (N-methyl/N-ethyl adjacent to an activating group) is 1. The summed E-state index contributed by atoms with van der Waals surface area (Å²) >= 11 is 0. The summed E-state index contributed by atoms with van der Waals surface area (Å²) in [5, 5.41) is 20.1. The van der Waals surface area contributed by atoms with E-state index in [0.29, 0.717) is 5.56 Å². The molecule has 0 aliphatic carbocycles. The lowest BCUT2D eigenvalue weighted by molar-refractivity contribution is -0.137. The molecule has 1 amide bonds. The number of rotatable bonds is 5. The van der Waals surface area contributed by atoms with Crippen LogP contribution in [0.2, 0.25) is 0 Å². The number of amides is 1. The van der Waals surface area contributed by atoms with Crippen molar-refractivity contribution in [3.05, 3.63) is 35.9 Å². The zero-order valence-electron chi connectivity index (χ0n) is 12.1. The van der Waals surface area contributed by atoms with Gasteiger partial charge in [0.25, 0.3) is 0 Å². The van der Waals surface area contributed by atoms with Crippen LogP contribution in [0.5, 0.6) is 0 Å². The van der Waals surface area contributed by atoms with Crippen LogP contribution in [0.4, 0.5) is 0 Å². The summed E-state index contributed by atoms with van der Waals surface area (Å²) in [6.07, 6.45) is -0.0103. The van der Waals surface area contributed by atoms with Gasteiger partial charge in [-0.3, -0.25) is 4.79 Å². The van der Waals surface area contributed by atoms with Crippen molar-refractivity contribution in [2.24, 2.45) is 0 Å². The topological polar surface area (TPSA) is 60.8 Å². The van der Waals surface area contributed by atoms with Crippen LogP contribution < -0.4 is 0 Å². The first-order chi connectivity index (χ1) is 8.62. The monoisotopic (exact) mass is 265 g/mol. The second kappa shape index (κ2) is 5.72. The van der Waals surface area contributed by atoms with Gasteiger partial charge in [-0.15, -0.1) is 0 Å². The summed E-state index contributed by atoms with van der Waals surface area (Å²) in [6, 6.07) is 9.11. The molecule has 1 aromatic carbocycles. The Morgan fingerprint density at radius 3 is 2.16 bits per heavy atom. The average molecular weight is 265 g/mol. The van der Waals surface area contributed by atoms with Gasteiger partial charge in [-0.05, 0) is 26.3 Å². The van der Waals surface area contributed by atoms with Crippen molar-refractivity contribution in [1.29, 1.82) is 0 Å². The van der Waals surface area contributed by atoms with Gasteiger partial charge in [-0.2, -0.15) is 0 Å². The van der Waals surface area contributed by atoms with Gasteiger partial charge in [-0.25, -0.2) is 0 Å². The highest BCUT2D eigenvalue weighted by atomic mass is 16.3. The van der Waals surface area contributed by atoms with E-state index >= 15 is 0 Å². The molecule has 0 saturated heterocycles. The molecule has 0 fully saturated rings. The molecule has 0 aromatic heterocycles. The van der Waals surface area contributed by atoms with E-state index in [4.69, 9.17) is 0 Å². The third-order valence-electron chi connectivity index (χ3n) is 2.94. The lowest BCUT2D eigenvalue weighted by Gasteiger charge is -2.29. The zero-order valence-corrected chi connectivity index (χ0v) is 12.1. The molecule has 1 atom stereocenters. The molecule has 2 N–H and O–H groups in total. The Hall–Kier alpha value is -1.39. The maximum atomic E-state index is 12.1. The van der Waals surface area contributed by atoms with Crippen molar-refractivity contribution >= 4 is 5.91 Å². The highest BCUT2D eigenvalue weighted by molar-refractivity contribution is 5.77. The first-order valence-corrected chi connectivity index (χ1v) is 6.36. The standard InChI is InChI=1S/C15H23NO3/c1-14(2,18)11-16(4)13(17)10-15(3,19)12-8-6-5-7-9-12/h5-9,18-19H,10-11H2,1-4H3. The fraction of sp³-hybridized carbons (Fsp3) is 0.533. The van der Waals surface area contributed by atoms with Crippen molar-refractivity contribution in [1.82, 2.24) is 4.90 Å². The molecule has 0 radical (unpaired) electrons. The predicted molar refractivity (Wildman–Crippen MR) is 74.6 cm³/mol. The van der Waals surface area contributed by atoms with Crippen LogP contribution in [0, 0.1) is 0 Å². The van der Waals surface area contributed by atoms with Gasteiger partial charge < -0.3 is 15.1 Å². The van der Waals surface area contributed by atoms with E-state index in [1.165, 1.54) is 4.90 Å². The lowest BCUT2D eigenvalue weighted by Crippen LogP contribution is -2.42. The Balaban J connectivity index is 2.71. The predicted octanol–water partition coefficient (Wildman–Crippen LogP) is 1.51. The Labute approximate surface area is 114 Å². The third kappa shape index (κ3) is 5.01. The normalized spacial score (nSPS) is 14.8. The number of hydrogen-bond donors (Lipinski definition) is 2. The van der Waals surface area contributed by atoms with Crippen LogP contribution in [0.1, 0.15) is 32.8 Å². The quantitative estimate of drug-likeness (QED) is 0.848. The van der Waals surface area contributed by atoms with Crippen molar-refractivity contribution in [2.75, 3.05) is 13.6 Å². The molecule has 0 spiro atoms. The molecule has 106 valence electrons. The van der Waals surface area contributed by atoms with Crippen LogP contribution >= 0.6 is 0 Å². The van der Waals surface area contributed by atoms with Crippen LogP contribution in [0.25, 0.3) is 0 Å². The van der Waals surface area contributed by atoms with E-state index in [2.05, 4.69) is 0 Å². The number of carbonyl (C=O) groups is 1. The summed E-state index contributed by atoms with van der Waals surface area (Å²) in [6.45, 7) is 5.15. The SMILES string of the molecule is CN(CC(C)(C)O)C(=O)CC(C)(O)c1ccccc1. The lowest BCUT2D eigenvalue weighted by atomic mass is 9.92. The van der Waals surface area contributed by atoms with Crippen LogP contribution in [0.15, 0.2) is 30.3 Å². The van der Waals surface area contributed by atoms with Gasteiger partial charge in [0.2, 0.25) is 5.91 Å². The Morgan fingerprint density at radius 2 is 1.68 bits per heavy atom. The minimum Gasteiger partial charge on any atom is -0.389 e. The number of hydrogen-bond acceptors (Lipinski definition) is 3. The molecule has 19 heavy (non-hydrogen) atoms.